The van der Waals surface area contributed by atoms with E-state index in [2.05, 4.69) is 26.3 Å². The monoisotopic (exact) mass is 339 g/mol. The number of hydrogen-bond donors (Lipinski definition) is 2. The summed E-state index contributed by atoms with van der Waals surface area (Å²) in [5, 5.41) is 6.16. The Morgan fingerprint density at radius 1 is 1.00 bits per heavy atom. The summed E-state index contributed by atoms with van der Waals surface area (Å²) >= 11 is 3.21. The lowest BCUT2D eigenvalue weighted by Crippen LogP contribution is -2.04. The molecule has 3 heterocycles. The van der Waals surface area contributed by atoms with E-state index in [0.29, 0.717) is 23.8 Å². The van der Waals surface area contributed by atoms with Crippen molar-refractivity contribution in [2.75, 3.05) is 11.1 Å². The highest BCUT2D eigenvalue weighted by atomic mass is 32.1. The number of thiophene rings is 1. The molecule has 0 fully saturated rings. The molecular weight excluding hydrogens is 326 g/mol. The normalized spacial score (nSPS) is 11.0. The van der Waals surface area contributed by atoms with Crippen molar-refractivity contribution in [1.29, 1.82) is 0 Å². The number of anilines is 2. The van der Waals surface area contributed by atoms with E-state index < -0.39 is 0 Å². The van der Waals surface area contributed by atoms with Crippen molar-refractivity contribution >= 4 is 44.8 Å². The molecule has 114 valence electrons. The van der Waals surface area contributed by atoms with Crippen LogP contribution in [-0.4, -0.2) is 15.0 Å². The molecule has 4 rings (SSSR count). The highest BCUT2D eigenvalue weighted by molar-refractivity contribution is 7.21. The Kier molecular flexibility index (Phi) is 3.64. The summed E-state index contributed by atoms with van der Waals surface area (Å²) in [6.07, 6.45) is 0. The first-order chi connectivity index (χ1) is 11.3. The number of nitrogens with two attached hydrogens (primary N) is 1. The van der Waals surface area contributed by atoms with Gasteiger partial charge in [0.15, 0.2) is 10.6 Å². The minimum Gasteiger partial charge on any atom is -0.382 e. The minimum atomic E-state index is 0.405. The van der Waals surface area contributed by atoms with Gasteiger partial charge in [-0.25, -0.2) is 9.97 Å². The third-order valence-electron chi connectivity index (χ3n) is 3.31. The van der Waals surface area contributed by atoms with E-state index in [9.17, 15) is 0 Å². The van der Waals surface area contributed by atoms with Gasteiger partial charge in [0.05, 0.1) is 6.54 Å². The summed E-state index contributed by atoms with van der Waals surface area (Å²) in [7, 11) is 0. The van der Waals surface area contributed by atoms with Crippen molar-refractivity contribution in [3.63, 3.8) is 0 Å². The molecule has 0 aliphatic rings. The zero-order chi connectivity index (χ0) is 15.6. The first-order valence-corrected chi connectivity index (χ1v) is 8.75. The Morgan fingerprint density at radius 3 is 2.65 bits per heavy atom. The summed E-state index contributed by atoms with van der Waals surface area (Å²) in [5.74, 6) is 0.939. The molecule has 0 bridgehead atoms. The van der Waals surface area contributed by atoms with Crippen LogP contribution < -0.4 is 11.1 Å². The average Bonchev–Trinajstić information content (AvgIpc) is 3.23. The molecule has 3 N–H and O–H groups in total. The second-order valence-corrected chi connectivity index (χ2v) is 6.91. The van der Waals surface area contributed by atoms with E-state index in [1.807, 2.05) is 41.8 Å². The highest BCUT2D eigenvalue weighted by Crippen LogP contribution is 2.31. The summed E-state index contributed by atoms with van der Waals surface area (Å²) in [6, 6.07) is 14.1. The first-order valence-electron chi connectivity index (χ1n) is 7.05. The van der Waals surface area contributed by atoms with Gasteiger partial charge in [-0.3, -0.25) is 0 Å². The van der Waals surface area contributed by atoms with Crippen molar-refractivity contribution in [3.8, 4) is 10.6 Å². The Hall–Kier alpha value is -2.51. The number of benzene rings is 1. The van der Waals surface area contributed by atoms with Crippen LogP contribution in [0.15, 0.2) is 47.8 Å². The second-order valence-electron chi connectivity index (χ2n) is 4.90. The van der Waals surface area contributed by atoms with Gasteiger partial charge in [0.1, 0.15) is 10.5 Å². The van der Waals surface area contributed by atoms with Crippen molar-refractivity contribution in [3.05, 3.63) is 52.7 Å². The fourth-order valence-electron chi connectivity index (χ4n) is 2.21. The molecule has 23 heavy (non-hydrogen) atoms. The maximum absolute atomic E-state index is 6.05. The number of aromatic nitrogens is 3. The first kappa shape index (κ1) is 14.1. The fraction of sp³-hybridized carbons (Fsp3) is 0.0625. The molecule has 4 aromatic rings. The maximum Gasteiger partial charge on any atom is 0.226 e. The lowest BCUT2D eigenvalue weighted by Gasteiger charge is -2.03. The average molecular weight is 339 g/mol. The number of thiazole rings is 1. The van der Waals surface area contributed by atoms with E-state index in [1.165, 1.54) is 16.2 Å². The molecule has 0 aliphatic heterocycles. The van der Waals surface area contributed by atoms with Gasteiger partial charge in [-0.15, -0.1) is 11.3 Å². The SMILES string of the molecule is Nc1nc(NCc2cccs2)nc2sc(-c3ccccc3)nc12. The lowest BCUT2D eigenvalue weighted by atomic mass is 10.2. The Morgan fingerprint density at radius 2 is 1.87 bits per heavy atom. The topological polar surface area (TPSA) is 76.7 Å². The maximum atomic E-state index is 6.05. The molecule has 3 aromatic heterocycles. The van der Waals surface area contributed by atoms with Crippen LogP contribution in [0.25, 0.3) is 20.9 Å². The standard InChI is InChI=1S/C16H13N5S2/c17-13-12-15(23-14(19-12)10-5-2-1-3-6-10)21-16(20-13)18-9-11-7-4-8-22-11/h1-8H,9H2,(H3,17,18,20,21). The third-order valence-corrected chi connectivity index (χ3v) is 5.18. The molecule has 0 spiro atoms. The van der Waals surface area contributed by atoms with Crippen LogP contribution in [0.5, 0.6) is 0 Å². The van der Waals surface area contributed by atoms with E-state index in [-0.39, 0.29) is 0 Å². The van der Waals surface area contributed by atoms with Crippen LogP contribution >= 0.6 is 22.7 Å². The summed E-state index contributed by atoms with van der Waals surface area (Å²) in [6.45, 7) is 0.687. The van der Waals surface area contributed by atoms with Crippen LogP contribution in [0.1, 0.15) is 4.88 Å². The number of hydrogen-bond acceptors (Lipinski definition) is 7. The summed E-state index contributed by atoms with van der Waals surface area (Å²) in [4.78, 5) is 15.4. The van der Waals surface area contributed by atoms with Gasteiger partial charge in [-0.1, -0.05) is 47.7 Å². The molecule has 1 aromatic carbocycles. The van der Waals surface area contributed by atoms with Crippen molar-refractivity contribution in [2.24, 2.45) is 0 Å². The molecular formula is C16H13N5S2. The molecule has 0 aliphatic carbocycles. The number of nitrogen functional groups attached to an aromatic ring is 1. The fourth-order valence-corrected chi connectivity index (χ4v) is 3.80. The predicted molar refractivity (Wildman–Crippen MR) is 96.7 cm³/mol. The largest absolute Gasteiger partial charge is 0.382 e. The quantitative estimate of drug-likeness (QED) is 0.587. The van der Waals surface area contributed by atoms with Crippen molar-refractivity contribution in [2.45, 2.75) is 6.54 Å². The molecule has 0 unspecified atom stereocenters. The van der Waals surface area contributed by atoms with Crippen LogP contribution in [0.4, 0.5) is 11.8 Å². The Balaban J connectivity index is 1.67. The predicted octanol–water partition coefficient (Wildman–Crippen LogP) is 4.01. The third kappa shape index (κ3) is 2.88. The van der Waals surface area contributed by atoms with Gasteiger partial charge in [-0.05, 0) is 11.4 Å². The summed E-state index contributed by atoms with van der Waals surface area (Å²) < 4.78 is 0. The zero-order valence-corrected chi connectivity index (χ0v) is 13.7. The van der Waals surface area contributed by atoms with Gasteiger partial charge in [0.25, 0.3) is 0 Å². The minimum absolute atomic E-state index is 0.405. The van der Waals surface area contributed by atoms with Crippen molar-refractivity contribution < 1.29 is 0 Å². The van der Waals surface area contributed by atoms with E-state index in [0.717, 1.165) is 15.4 Å². The van der Waals surface area contributed by atoms with E-state index >= 15 is 0 Å². The highest BCUT2D eigenvalue weighted by Gasteiger charge is 2.12. The van der Waals surface area contributed by atoms with Crippen LogP contribution in [0, 0.1) is 0 Å². The van der Waals surface area contributed by atoms with Crippen LogP contribution in [-0.2, 0) is 6.54 Å². The molecule has 0 amide bonds. The number of nitrogens with one attached hydrogen (secondary N) is 1. The van der Waals surface area contributed by atoms with E-state index in [1.54, 1.807) is 11.3 Å². The van der Waals surface area contributed by atoms with Crippen LogP contribution in [0.3, 0.4) is 0 Å². The molecule has 0 atom stereocenters. The Labute approximate surface area is 140 Å². The summed E-state index contributed by atoms with van der Waals surface area (Å²) in [5.41, 5.74) is 7.77. The van der Waals surface area contributed by atoms with Crippen molar-refractivity contribution in [1.82, 2.24) is 15.0 Å². The number of rotatable bonds is 4. The molecule has 0 radical (unpaired) electrons. The second kappa shape index (κ2) is 5.94. The Bertz CT molecular complexity index is 932. The zero-order valence-electron chi connectivity index (χ0n) is 12.1. The van der Waals surface area contributed by atoms with Gasteiger partial charge >= 0.3 is 0 Å². The number of nitrogens with zero attached hydrogens (tertiary/aromatic N) is 3. The lowest BCUT2D eigenvalue weighted by molar-refractivity contribution is 1.10. The van der Waals surface area contributed by atoms with Crippen LogP contribution in [0.2, 0.25) is 0 Å². The van der Waals surface area contributed by atoms with E-state index in [4.69, 9.17) is 5.73 Å². The molecule has 7 heteroatoms. The smallest absolute Gasteiger partial charge is 0.226 e. The van der Waals surface area contributed by atoms with Gasteiger partial charge in [0, 0.05) is 10.4 Å². The molecule has 0 saturated carbocycles. The number of fused-ring (bicyclic) bond motifs is 1. The van der Waals surface area contributed by atoms with Gasteiger partial charge in [-0.2, -0.15) is 4.98 Å². The van der Waals surface area contributed by atoms with Gasteiger partial charge in [0.2, 0.25) is 5.95 Å². The molecule has 0 saturated heterocycles. The van der Waals surface area contributed by atoms with Gasteiger partial charge < -0.3 is 11.1 Å². The molecule has 5 nitrogen and oxygen atoms in total.